The number of allylic oxidation sites excluding steroid dienone is 1. The van der Waals surface area contributed by atoms with Crippen molar-refractivity contribution < 1.29 is 13.2 Å². The van der Waals surface area contributed by atoms with Gasteiger partial charge in [0.05, 0.1) is 17.3 Å². The van der Waals surface area contributed by atoms with Crippen LogP contribution in [0.2, 0.25) is 5.02 Å². The molecule has 2 saturated heterocycles. The third kappa shape index (κ3) is 4.81. The van der Waals surface area contributed by atoms with Crippen LogP contribution in [0.5, 0.6) is 0 Å². The van der Waals surface area contributed by atoms with E-state index in [0.717, 1.165) is 37.1 Å². The lowest BCUT2D eigenvalue weighted by atomic mass is 9.96. The van der Waals surface area contributed by atoms with Crippen LogP contribution >= 0.6 is 11.6 Å². The maximum Gasteiger partial charge on any atom is 0.239 e. The number of piperidine rings is 1. The fourth-order valence-electron chi connectivity index (χ4n) is 4.65. The highest BCUT2D eigenvalue weighted by molar-refractivity contribution is 7.93. The first-order valence-electron chi connectivity index (χ1n) is 10.8. The molecule has 1 amide bonds. The van der Waals surface area contributed by atoms with Crippen LogP contribution in [-0.4, -0.2) is 73.5 Å². The van der Waals surface area contributed by atoms with Crippen LogP contribution in [0.1, 0.15) is 37.3 Å². The van der Waals surface area contributed by atoms with Gasteiger partial charge in [-0.25, -0.2) is 8.42 Å². The lowest BCUT2D eigenvalue weighted by Crippen LogP contribution is -2.54. The van der Waals surface area contributed by atoms with Gasteiger partial charge < -0.3 is 9.80 Å². The van der Waals surface area contributed by atoms with E-state index in [1.807, 2.05) is 17.0 Å². The first-order valence-corrected chi connectivity index (χ1v) is 12.6. The quantitative estimate of drug-likeness (QED) is 0.548. The molecular formula is C22H29ClN4O3S. The maximum absolute atomic E-state index is 13.2. The van der Waals surface area contributed by atoms with Gasteiger partial charge in [0.15, 0.2) is 0 Å². The number of nitrogens with one attached hydrogen (secondary N) is 1. The maximum atomic E-state index is 13.2. The monoisotopic (exact) mass is 464 g/mol. The predicted molar refractivity (Wildman–Crippen MR) is 123 cm³/mol. The summed E-state index contributed by atoms with van der Waals surface area (Å²) in [6.45, 7) is 4.85. The zero-order valence-electron chi connectivity index (χ0n) is 17.8. The molecule has 31 heavy (non-hydrogen) atoms. The Morgan fingerprint density at radius 2 is 1.90 bits per heavy atom. The number of amides is 1. The number of sulfonamides is 1. The van der Waals surface area contributed by atoms with E-state index in [9.17, 15) is 13.2 Å². The van der Waals surface area contributed by atoms with Crippen LogP contribution in [0.3, 0.4) is 0 Å². The highest BCUT2D eigenvalue weighted by atomic mass is 35.5. The molecule has 0 atom stereocenters. The molecule has 168 valence electrons. The second kappa shape index (κ2) is 8.92. The minimum Gasteiger partial charge on any atom is -0.361 e. The second-order valence-electron chi connectivity index (χ2n) is 8.65. The number of fused-ring (bicyclic) bond motifs is 1. The SMILES string of the molecule is CC(=N)N1CCC(CN2CCN(S(=O)(=O)C3=Cc4ccc(Cl)cc4CC3)CC2=O)CC1. The highest BCUT2D eigenvalue weighted by Gasteiger charge is 2.35. The summed E-state index contributed by atoms with van der Waals surface area (Å²) >= 11 is 6.04. The molecule has 0 radical (unpaired) electrons. The molecule has 3 aliphatic rings. The van der Waals surface area contributed by atoms with Crippen LogP contribution in [0.4, 0.5) is 0 Å². The number of likely N-dealkylation sites (tertiary alicyclic amines) is 1. The molecule has 1 aliphatic carbocycles. The zero-order valence-corrected chi connectivity index (χ0v) is 19.4. The number of hydrogen-bond donors (Lipinski definition) is 1. The normalized spacial score (nSPS) is 21.1. The van der Waals surface area contributed by atoms with Crippen molar-refractivity contribution in [3.63, 3.8) is 0 Å². The van der Waals surface area contributed by atoms with Crippen LogP contribution in [0, 0.1) is 11.3 Å². The fourth-order valence-corrected chi connectivity index (χ4v) is 6.42. The number of amidine groups is 1. The third-order valence-electron chi connectivity index (χ3n) is 6.58. The fraction of sp³-hybridized carbons (Fsp3) is 0.545. The van der Waals surface area contributed by atoms with Gasteiger partial charge in [-0.05, 0) is 67.9 Å². The van der Waals surface area contributed by atoms with Crippen molar-refractivity contribution in [2.24, 2.45) is 5.92 Å². The van der Waals surface area contributed by atoms with Gasteiger partial charge in [-0.2, -0.15) is 4.31 Å². The Morgan fingerprint density at radius 1 is 1.16 bits per heavy atom. The van der Waals surface area contributed by atoms with Crippen molar-refractivity contribution in [1.29, 1.82) is 5.41 Å². The van der Waals surface area contributed by atoms with E-state index >= 15 is 0 Å². The summed E-state index contributed by atoms with van der Waals surface area (Å²) in [5, 5.41) is 8.39. The van der Waals surface area contributed by atoms with Gasteiger partial charge >= 0.3 is 0 Å². The van der Waals surface area contributed by atoms with Crippen molar-refractivity contribution in [1.82, 2.24) is 14.1 Å². The van der Waals surface area contributed by atoms with E-state index in [-0.39, 0.29) is 12.5 Å². The molecule has 0 aromatic heterocycles. The first kappa shape index (κ1) is 22.3. The molecule has 2 fully saturated rings. The summed E-state index contributed by atoms with van der Waals surface area (Å²) in [4.78, 5) is 17.0. The Kier molecular flexibility index (Phi) is 6.42. The number of piperazine rings is 1. The van der Waals surface area contributed by atoms with Crippen molar-refractivity contribution in [2.75, 3.05) is 39.3 Å². The van der Waals surface area contributed by atoms with Crippen LogP contribution in [0.15, 0.2) is 23.1 Å². The number of halogens is 1. The minimum absolute atomic E-state index is 0.0917. The molecule has 2 aliphatic heterocycles. The Hall–Kier alpha value is -1.90. The number of carbonyl (C=O) groups is 1. The van der Waals surface area contributed by atoms with E-state index < -0.39 is 10.0 Å². The number of rotatable bonds is 4. The molecule has 2 heterocycles. The Balaban J connectivity index is 1.38. The van der Waals surface area contributed by atoms with Crippen LogP contribution in [-0.2, 0) is 21.2 Å². The number of nitrogens with zero attached hydrogens (tertiary/aromatic N) is 3. The summed E-state index contributed by atoms with van der Waals surface area (Å²) in [5.74, 6) is 0.882. The van der Waals surface area contributed by atoms with E-state index in [2.05, 4.69) is 4.90 Å². The van der Waals surface area contributed by atoms with Gasteiger partial charge in [-0.3, -0.25) is 10.2 Å². The Bertz CT molecular complexity index is 1020. The largest absolute Gasteiger partial charge is 0.361 e. The summed E-state index contributed by atoms with van der Waals surface area (Å²) in [7, 11) is -3.66. The molecule has 0 bridgehead atoms. The van der Waals surface area contributed by atoms with E-state index in [1.54, 1.807) is 19.1 Å². The van der Waals surface area contributed by atoms with Crippen LogP contribution < -0.4 is 0 Å². The minimum atomic E-state index is -3.66. The predicted octanol–water partition coefficient (Wildman–Crippen LogP) is 2.81. The molecule has 1 aromatic carbocycles. The Labute approximate surface area is 189 Å². The summed E-state index contributed by atoms with van der Waals surface area (Å²) in [5.41, 5.74) is 1.93. The topological polar surface area (TPSA) is 84.8 Å². The standard InChI is InChI=1S/C22H29ClN4O3S/c1-16(24)25-8-6-17(7-9-25)14-26-10-11-27(15-22(26)28)31(29,30)21-5-3-18-12-20(23)4-2-19(18)13-21/h2,4,12-13,17,24H,3,5-11,14-15H2,1H3. The number of aryl methyl sites for hydroxylation is 1. The summed E-state index contributed by atoms with van der Waals surface area (Å²) in [6.07, 6.45) is 4.69. The highest BCUT2D eigenvalue weighted by Crippen LogP contribution is 2.31. The summed E-state index contributed by atoms with van der Waals surface area (Å²) < 4.78 is 27.7. The molecule has 0 spiro atoms. The van der Waals surface area contributed by atoms with Gasteiger partial charge in [0.25, 0.3) is 0 Å². The summed E-state index contributed by atoms with van der Waals surface area (Å²) in [6, 6.07) is 5.50. The van der Waals surface area contributed by atoms with E-state index in [1.165, 1.54) is 4.31 Å². The van der Waals surface area contributed by atoms with Gasteiger partial charge in [0.1, 0.15) is 0 Å². The van der Waals surface area contributed by atoms with Crippen LogP contribution in [0.25, 0.3) is 6.08 Å². The van der Waals surface area contributed by atoms with Gasteiger partial charge in [0.2, 0.25) is 15.9 Å². The van der Waals surface area contributed by atoms with Gasteiger partial charge in [0, 0.05) is 37.7 Å². The molecule has 0 saturated carbocycles. The molecule has 9 heteroatoms. The lowest BCUT2D eigenvalue weighted by Gasteiger charge is -2.38. The molecule has 0 unspecified atom stereocenters. The van der Waals surface area contributed by atoms with Gasteiger partial charge in [-0.1, -0.05) is 17.7 Å². The first-order chi connectivity index (χ1) is 14.7. The van der Waals surface area contributed by atoms with Crippen molar-refractivity contribution >= 4 is 39.4 Å². The van der Waals surface area contributed by atoms with Crippen molar-refractivity contribution in [3.8, 4) is 0 Å². The number of benzene rings is 1. The zero-order chi connectivity index (χ0) is 22.2. The lowest BCUT2D eigenvalue weighted by molar-refractivity contribution is -0.134. The molecule has 4 rings (SSSR count). The second-order valence-corrected chi connectivity index (χ2v) is 11.1. The molecule has 1 aromatic rings. The Morgan fingerprint density at radius 3 is 2.58 bits per heavy atom. The van der Waals surface area contributed by atoms with Crippen molar-refractivity contribution in [3.05, 3.63) is 39.3 Å². The smallest absolute Gasteiger partial charge is 0.239 e. The van der Waals surface area contributed by atoms with E-state index in [4.69, 9.17) is 17.0 Å². The van der Waals surface area contributed by atoms with Gasteiger partial charge in [-0.15, -0.1) is 0 Å². The number of hydrogen-bond acceptors (Lipinski definition) is 4. The van der Waals surface area contributed by atoms with Crippen molar-refractivity contribution in [2.45, 2.75) is 32.6 Å². The molecule has 7 nitrogen and oxygen atoms in total. The average molecular weight is 465 g/mol. The van der Waals surface area contributed by atoms with E-state index in [0.29, 0.717) is 54.2 Å². The average Bonchev–Trinajstić information content (AvgIpc) is 2.75. The number of carbonyl (C=O) groups excluding carboxylic acids is 1. The molecular weight excluding hydrogens is 436 g/mol. The molecule has 1 N–H and O–H groups in total. The third-order valence-corrected chi connectivity index (χ3v) is 8.80.